The highest BCUT2D eigenvalue weighted by molar-refractivity contribution is 6.07. The van der Waals surface area contributed by atoms with Gasteiger partial charge in [0, 0.05) is 30.5 Å². The molecule has 0 saturated carbocycles. The molecule has 0 spiro atoms. The fourth-order valence-corrected chi connectivity index (χ4v) is 7.34. The van der Waals surface area contributed by atoms with Gasteiger partial charge in [-0.15, -0.1) is 12.8 Å². The molecule has 63 heavy (non-hydrogen) atoms. The fourth-order valence-electron chi connectivity index (χ4n) is 7.34. The van der Waals surface area contributed by atoms with E-state index in [0.717, 1.165) is 73.9 Å². The van der Waals surface area contributed by atoms with E-state index in [4.69, 9.17) is 9.72 Å². The van der Waals surface area contributed by atoms with Crippen LogP contribution >= 0.6 is 0 Å². The molecule has 0 unspecified atom stereocenters. The van der Waals surface area contributed by atoms with Gasteiger partial charge in [-0.05, 0) is 64.7 Å². The zero-order chi connectivity index (χ0) is 45.5. The Labute approximate surface area is 369 Å². The van der Waals surface area contributed by atoms with E-state index in [9.17, 15) is 19.2 Å². The number of aromatic nitrogens is 4. The molecule has 14 nitrogen and oxygen atoms in total. The number of imidazole rings is 2. The average Bonchev–Trinajstić information content (AvgIpc) is 3.97. The van der Waals surface area contributed by atoms with Crippen LogP contribution in [0.5, 0.6) is 5.75 Å². The molecule has 4 aromatic carbocycles. The number of aromatic amines is 2. The minimum absolute atomic E-state index is 0.163. The van der Waals surface area contributed by atoms with Crippen LogP contribution in [-0.2, 0) is 38.8 Å². The van der Waals surface area contributed by atoms with Crippen LogP contribution in [-0.4, -0.2) is 80.3 Å². The molecule has 4 N–H and O–H groups in total. The number of H-pyrrole nitrogens is 2. The number of benzene rings is 4. The predicted octanol–water partition coefficient (Wildman–Crippen LogP) is 8.43. The molecule has 4 amide bonds. The van der Waals surface area contributed by atoms with Crippen LogP contribution in [0.25, 0.3) is 44.2 Å². The molecule has 1 aliphatic rings. The van der Waals surface area contributed by atoms with Gasteiger partial charge < -0.3 is 39.9 Å². The molecule has 2 aromatic heterocycles. The highest BCUT2D eigenvalue weighted by Crippen LogP contribution is 2.42. The summed E-state index contributed by atoms with van der Waals surface area (Å²) in [7, 11) is 1.26. The average molecular weight is 855 g/mol. The van der Waals surface area contributed by atoms with Gasteiger partial charge in [0.2, 0.25) is 17.7 Å². The third kappa shape index (κ3) is 11.4. The van der Waals surface area contributed by atoms with Crippen molar-refractivity contribution in [2.45, 2.75) is 86.0 Å². The minimum Gasteiger partial charge on any atom is -0.488 e. The smallest absolute Gasteiger partial charge is 0.407 e. The SMILES string of the molecule is C#C.CCC.CCCN(Cc1nc2c(ccc3cc4c(cc32)OCc2cc(-c3cnc(CN(CCC)C(=O)[C@H](NC(=O)CC)c5ccccc5)[nH]3)ccc2-4)[nH]1)C(=O)CNC(=O)OC. The van der Waals surface area contributed by atoms with E-state index in [1.54, 1.807) is 22.9 Å². The first-order valence-electron chi connectivity index (χ1n) is 21.4. The Morgan fingerprint density at radius 3 is 2.27 bits per heavy atom. The van der Waals surface area contributed by atoms with E-state index in [-0.39, 0.29) is 43.8 Å². The van der Waals surface area contributed by atoms with Gasteiger partial charge in [-0.2, -0.15) is 0 Å². The Hall–Kier alpha value is -7.14. The summed E-state index contributed by atoms with van der Waals surface area (Å²) in [6, 6.07) is 23.0. The minimum atomic E-state index is -0.791. The number of hydrogen-bond acceptors (Lipinski definition) is 8. The maximum absolute atomic E-state index is 13.9. The van der Waals surface area contributed by atoms with Crippen molar-refractivity contribution in [2.24, 2.45) is 0 Å². The van der Waals surface area contributed by atoms with Crippen LogP contribution < -0.4 is 15.4 Å². The van der Waals surface area contributed by atoms with Crippen LogP contribution in [0.4, 0.5) is 4.79 Å². The summed E-state index contributed by atoms with van der Waals surface area (Å²) in [4.78, 5) is 70.5. The van der Waals surface area contributed by atoms with Crippen molar-refractivity contribution in [1.82, 2.24) is 40.4 Å². The van der Waals surface area contributed by atoms with Gasteiger partial charge in [-0.25, -0.2) is 14.8 Å². The Bertz CT molecular complexity index is 2530. The number of fused-ring (bicyclic) bond motifs is 6. The number of carbonyl (C=O) groups is 4. The molecule has 1 aliphatic heterocycles. The number of methoxy groups -OCH3 is 1. The van der Waals surface area contributed by atoms with Crippen LogP contribution in [0.2, 0.25) is 0 Å². The molecule has 14 heteroatoms. The Morgan fingerprint density at radius 1 is 0.857 bits per heavy atom. The molecule has 0 bridgehead atoms. The standard InChI is InChI=1S/C44H48N8O6.C3H8.C2H2/c1-5-17-51(40(54)23-46-44(56)57-4)25-38-47-34-16-14-28-20-33-31-15-13-29(19-30(31)26-58-36(33)21-32(28)42(34)49-38)35-22-45-37(48-35)24-52(18-6-2)43(55)41(50-39(53)7-3)27-11-9-8-10-12-27;1-3-2;1-2/h8-16,19-22,41H,5-7,17-18,23-26H2,1-4H3,(H,45,48)(H,46,56)(H,47,49)(H,50,53);3H2,1-2H3;1-2H/t41-;;/m1../s1. The maximum Gasteiger partial charge on any atom is 0.407 e. The van der Waals surface area contributed by atoms with E-state index in [0.29, 0.717) is 31.3 Å². The van der Waals surface area contributed by atoms with Gasteiger partial charge in [-0.3, -0.25) is 14.4 Å². The van der Waals surface area contributed by atoms with Gasteiger partial charge in [0.15, 0.2) is 0 Å². The van der Waals surface area contributed by atoms with Gasteiger partial charge in [-0.1, -0.05) is 89.6 Å². The first kappa shape index (κ1) is 46.9. The second kappa shape index (κ2) is 22.6. The topological polar surface area (TPSA) is 175 Å². The van der Waals surface area contributed by atoms with Crippen molar-refractivity contribution in [3.8, 4) is 41.0 Å². The third-order valence-electron chi connectivity index (χ3n) is 10.2. The molecule has 0 radical (unpaired) electrons. The summed E-state index contributed by atoms with van der Waals surface area (Å²) in [6.45, 7) is 11.8. The molecule has 0 saturated heterocycles. The number of carbonyl (C=O) groups excluding carboxylic acids is 4. The van der Waals surface area contributed by atoms with E-state index < -0.39 is 12.1 Å². The number of hydrogen-bond donors (Lipinski definition) is 4. The molecular weight excluding hydrogens is 797 g/mol. The van der Waals surface area contributed by atoms with E-state index in [1.807, 2.05) is 56.3 Å². The summed E-state index contributed by atoms with van der Waals surface area (Å²) in [5, 5.41) is 7.31. The second-order valence-corrected chi connectivity index (χ2v) is 15.0. The number of alkyl carbamates (subject to hydrolysis) is 1. The van der Waals surface area contributed by atoms with Gasteiger partial charge in [0.1, 0.15) is 36.6 Å². The summed E-state index contributed by atoms with van der Waals surface area (Å²) >= 11 is 0. The van der Waals surface area contributed by atoms with Gasteiger partial charge in [0.05, 0.1) is 43.1 Å². The molecule has 330 valence electrons. The van der Waals surface area contributed by atoms with Crippen LogP contribution in [0.1, 0.15) is 89.1 Å². The number of rotatable bonds is 15. The fraction of sp³-hybridized carbons (Fsp3) is 0.347. The predicted molar refractivity (Wildman–Crippen MR) is 246 cm³/mol. The monoisotopic (exact) mass is 854 g/mol. The van der Waals surface area contributed by atoms with E-state index in [2.05, 4.69) is 87.3 Å². The first-order chi connectivity index (χ1) is 30.6. The van der Waals surface area contributed by atoms with Crippen molar-refractivity contribution < 1.29 is 28.7 Å². The second-order valence-electron chi connectivity index (χ2n) is 15.0. The lowest BCUT2D eigenvalue weighted by Gasteiger charge is -2.27. The van der Waals surface area contributed by atoms with Crippen LogP contribution in [0.15, 0.2) is 79.0 Å². The van der Waals surface area contributed by atoms with Gasteiger partial charge >= 0.3 is 6.09 Å². The lowest BCUT2D eigenvalue weighted by Crippen LogP contribution is -2.43. The normalized spacial score (nSPS) is 11.6. The van der Waals surface area contributed by atoms with Crippen molar-refractivity contribution in [1.29, 1.82) is 0 Å². The van der Waals surface area contributed by atoms with Crippen molar-refractivity contribution >= 4 is 45.6 Å². The number of terminal acetylenes is 1. The summed E-state index contributed by atoms with van der Waals surface area (Å²) < 4.78 is 11.0. The summed E-state index contributed by atoms with van der Waals surface area (Å²) in [6.07, 6.45) is 12.2. The zero-order valence-electron chi connectivity index (χ0n) is 37.0. The molecule has 6 aromatic rings. The lowest BCUT2D eigenvalue weighted by atomic mass is 9.92. The maximum atomic E-state index is 13.9. The molecule has 3 heterocycles. The van der Waals surface area contributed by atoms with E-state index in [1.165, 1.54) is 13.5 Å². The molecule has 0 aliphatic carbocycles. The summed E-state index contributed by atoms with van der Waals surface area (Å²) in [5.41, 5.74) is 7.22. The number of nitrogens with one attached hydrogen (secondary N) is 4. The quantitative estimate of drug-likeness (QED) is 0.0745. The van der Waals surface area contributed by atoms with Crippen molar-refractivity contribution in [3.05, 3.63) is 102 Å². The Morgan fingerprint density at radius 2 is 1.57 bits per heavy atom. The number of nitrogens with zero attached hydrogens (tertiary/aromatic N) is 4. The molecule has 0 fully saturated rings. The van der Waals surface area contributed by atoms with Gasteiger partial charge in [0.25, 0.3) is 0 Å². The molecule has 1 atom stereocenters. The Balaban J connectivity index is 0.00000143. The number of amides is 4. The highest BCUT2D eigenvalue weighted by Gasteiger charge is 2.28. The lowest BCUT2D eigenvalue weighted by molar-refractivity contribution is -0.137. The third-order valence-corrected chi connectivity index (χ3v) is 10.2. The molecular formula is C49H58N8O6. The largest absolute Gasteiger partial charge is 0.488 e. The van der Waals surface area contributed by atoms with Crippen molar-refractivity contribution in [2.75, 3.05) is 26.7 Å². The van der Waals surface area contributed by atoms with Crippen molar-refractivity contribution in [3.63, 3.8) is 0 Å². The Kier molecular flexibility index (Phi) is 16.9. The summed E-state index contributed by atoms with van der Waals surface area (Å²) in [5.74, 6) is 1.44. The number of ether oxygens (including phenoxy) is 2. The van der Waals surface area contributed by atoms with Crippen LogP contribution in [0.3, 0.4) is 0 Å². The van der Waals surface area contributed by atoms with E-state index >= 15 is 0 Å². The zero-order valence-corrected chi connectivity index (χ0v) is 37.0. The molecule has 7 rings (SSSR count). The first-order valence-corrected chi connectivity index (χ1v) is 21.4. The highest BCUT2D eigenvalue weighted by atomic mass is 16.5. The van der Waals surface area contributed by atoms with Crippen LogP contribution in [0, 0.1) is 12.8 Å².